The minimum absolute atomic E-state index is 0.0561. The summed E-state index contributed by atoms with van der Waals surface area (Å²) in [5, 5.41) is 11.2. The maximum Gasteiger partial charge on any atom is 0.371 e. The van der Waals surface area contributed by atoms with Gasteiger partial charge in [0.25, 0.3) is 5.91 Å². The standard InChI is InChI=1S/C13H12N2O5/c1-7(16)8-4-10(14-5-8)12(17)15-6-9-2-3-11(20-9)13(18)19/h2-5,14H,6H2,1H3,(H,15,17)(H,18,19). The highest BCUT2D eigenvalue weighted by molar-refractivity contribution is 5.99. The number of carbonyl (C=O) groups excluding carboxylic acids is 2. The third kappa shape index (κ3) is 2.94. The second-order valence-electron chi connectivity index (χ2n) is 4.11. The van der Waals surface area contributed by atoms with E-state index in [-0.39, 0.29) is 23.8 Å². The van der Waals surface area contributed by atoms with E-state index in [4.69, 9.17) is 9.52 Å². The van der Waals surface area contributed by atoms with Gasteiger partial charge in [0.2, 0.25) is 5.76 Å². The van der Waals surface area contributed by atoms with Crippen LogP contribution in [0.4, 0.5) is 0 Å². The lowest BCUT2D eigenvalue weighted by atomic mass is 10.2. The smallest absolute Gasteiger partial charge is 0.371 e. The number of carboxylic acids is 1. The number of carbonyl (C=O) groups is 3. The Balaban J connectivity index is 1.97. The molecule has 0 saturated heterocycles. The normalized spacial score (nSPS) is 10.2. The SMILES string of the molecule is CC(=O)c1c[nH]c(C(=O)NCc2ccc(C(=O)O)o2)c1. The van der Waals surface area contributed by atoms with Gasteiger partial charge in [-0.1, -0.05) is 0 Å². The third-order valence-electron chi connectivity index (χ3n) is 2.63. The number of ketones is 1. The van der Waals surface area contributed by atoms with Gasteiger partial charge in [0.1, 0.15) is 11.5 Å². The molecule has 0 spiro atoms. The van der Waals surface area contributed by atoms with Gasteiger partial charge in [0.05, 0.1) is 6.54 Å². The molecule has 20 heavy (non-hydrogen) atoms. The summed E-state index contributed by atoms with van der Waals surface area (Å²) in [5.74, 6) is -1.58. The molecule has 0 fully saturated rings. The lowest BCUT2D eigenvalue weighted by Crippen LogP contribution is -2.22. The fourth-order valence-corrected chi connectivity index (χ4v) is 1.58. The van der Waals surface area contributed by atoms with Gasteiger partial charge in [-0.15, -0.1) is 0 Å². The van der Waals surface area contributed by atoms with Gasteiger partial charge in [-0.05, 0) is 25.1 Å². The van der Waals surface area contributed by atoms with E-state index in [1.807, 2.05) is 0 Å². The molecule has 0 aliphatic rings. The Hall–Kier alpha value is -2.83. The first-order chi connectivity index (χ1) is 9.47. The van der Waals surface area contributed by atoms with Crippen molar-refractivity contribution in [2.45, 2.75) is 13.5 Å². The molecule has 3 N–H and O–H groups in total. The maximum atomic E-state index is 11.8. The van der Waals surface area contributed by atoms with Crippen LogP contribution in [0.2, 0.25) is 0 Å². The van der Waals surface area contributed by atoms with Crippen LogP contribution in [0.5, 0.6) is 0 Å². The number of H-pyrrole nitrogens is 1. The van der Waals surface area contributed by atoms with Gasteiger partial charge in [0.15, 0.2) is 5.78 Å². The predicted molar refractivity (Wildman–Crippen MR) is 67.6 cm³/mol. The number of hydrogen-bond donors (Lipinski definition) is 3. The van der Waals surface area contributed by atoms with Crippen molar-refractivity contribution in [3.05, 3.63) is 47.2 Å². The molecule has 2 aromatic rings. The summed E-state index contributed by atoms with van der Waals surface area (Å²) in [6.45, 7) is 1.46. The van der Waals surface area contributed by atoms with Crippen LogP contribution >= 0.6 is 0 Å². The summed E-state index contributed by atoms with van der Waals surface area (Å²) in [6.07, 6.45) is 1.45. The molecule has 0 aliphatic carbocycles. The average molecular weight is 276 g/mol. The van der Waals surface area contributed by atoms with Crippen LogP contribution in [0.3, 0.4) is 0 Å². The highest BCUT2D eigenvalue weighted by Gasteiger charge is 2.12. The second kappa shape index (κ2) is 5.43. The monoisotopic (exact) mass is 276 g/mol. The first-order valence-corrected chi connectivity index (χ1v) is 5.77. The summed E-state index contributed by atoms with van der Waals surface area (Å²) in [4.78, 5) is 36.2. The zero-order chi connectivity index (χ0) is 14.7. The quantitative estimate of drug-likeness (QED) is 0.715. The number of furan rings is 1. The molecule has 2 heterocycles. The fourth-order valence-electron chi connectivity index (χ4n) is 1.58. The van der Waals surface area contributed by atoms with Crippen molar-refractivity contribution >= 4 is 17.7 Å². The molecule has 0 unspecified atom stereocenters. The molecule has 7 heteroatoms. The first kappa shape index (κ1) is 13.6. The van der Waals surface area contributed by atoms with Gasteiger partial charge in [0, 0.05) is 11.8 Å². The van der Waals surface area contributed by atoms with E-state index in [0.29, 0.717) is 11.3 Å². The van der Waals surface area contributed by atoms with E-state index >= 15 is 0 Å². The molecule has 2 rings (SSSR count). The molecule has 0 aliphatic heterocycles. The molecule has 0 atom stereocenters. The van der Waals surface area contributed by atoms with Crippen LogP contribution in [0.15, 0.2) is 28.8 Å². The largest absolute Gasteiger partial charge is 0.475 e. The fraction of sp³-hybridized carbons (Fsp3) is 0.154. The van der Waals surface area contributed by atoms with Crippen molar-refractivity contribution in [2.24, 2.45) is 0 Å². The van der Waals surface area contributed by atoms with Gasteiger partial charge < -0.3 is 19.8 Å². The molecule has 104 valence electrons. The van der Waals surface area contributed by atoms with Crippen molar-refractivity contribution in [1.29, 1.82) is 0 Å². The molecule has 0 saturated carbocycles. The predicted octanol–water partition coefficient (Wildman–Crippen LogP) is 1.44. The Morgan fingerprint density at radius 3 is 2.65 bits per heavy atom. The topological polar surface area (TPSA) is 112 Å². The lowest BCUT2D eigenvalue weighted by molar-refractivity contribution is 0.0660. The van der Waals surface area contributed by atoms with Crippen LogP contribution in [0, 0.1) is 0 Å². The van der Waals surface area contributed by atoms with Crippen LogP contribution < -0.4 is 5.32 Å². The number of aromatic carboxylic acids is 1. The van der Waals surface area contributed by atoms with Crippen LogP contribution in [0.25, 0.3) is 0 Å². The molecule has 2 aromatic heterocycles. The summed E-state index contributed by atoms with van der Waals surface area (Å²) in [6, 6.07) is 4.23. The third-order valence-corrected chi connectivity index (χ3v) is 2.63. The number of nitrogens with one attached hydrogen (secondary N) is 2. The number of carboxylic acid groups (broad SMARTS) is 1. The second-order valence-corrected chi connectivity index (χ2v) is 4.11. The van der Waals surface area contributed by atoms with E-state index in [9.17, 15) is 14.4 Å². The Morgan fingerprint density at radius 2 is 2.10 bits per heavy atom. The van der Waals surface area contributed by atoms with E-state index in [2.05, 4.69) is 10.3 Å². The number of Topliss-reactive ketones (excluding diaryl/α,β-unsaturated/α-hetero) is 1. The van der Waals surface area contributed by atoms with Gasteiger partial charge >= 0.3 is 5.97 Å². The molecular weight excluding hydrogens is 264 g/mol. The first-order valence-electron chi connectivity index (χ1n) is 5.77. The summed E-state index contributed by atoms with van der Waals surface area (Å²) < 4.78 is 5.00. The highest BCUT2D eigenvalue weighted by atomic mass is 16.4. The molecule has 0 radical (unpaired) electrons. The number of rotatable bonds is 5. The minimum Gasteiger partial charge on any atom is -0.475 e. The number of aromatic nitrogens is 1. The lowest BCUT2D eigenvalue weighted by Gasteiger charge is -2.00. The van der Waals surface area contributed by atoms with Crippen molar-refractivity contribution < 1.29 is 23.9 Å². The Kier molecular flexibility index (Phi) is 3.69. The van der Waals surface area contributed by atoms with Crippen LogP contribution in [-0.2, 0) is 6.54 Å². The van der Waals surface area contributed by atoms with E-state index in [1.54, 1.807) is 0 Å². The minimum atomic E-state index is -1.17. The van der Waals surface area contributed by atoms with Crippen LogP contribution in [-0.4, -0.2) is 27.8 Å². The Morgan fingerprint density at radius 1 is 1.35 bits per heavy atom. The number of hydrogen-bond acceptors (Lipinski definition) is 4. The van der Waals surface area contributed by atoms with E-state index < -0.39 is 11.9 Å². The molecular formula is C13H12N2O5. The zero-order valence-corrected chi connectivity index (χ0v) is 10.6. The molecule has 7 nitrogen and oxygen atoms in total. The van der Waals surface area contributed by atoms with Gasteiger partial charge in [-0.3, -0.25) is 9.59 Å². The summed E-state index contributed by atoms with van der Waals surface area (Å²) in [7, 11) is 0. The summed E-state index contributed by atoms with van der Waals surface area (Å²) >= 11 is 0. The van der Waals surface area contributed by atoms with Crippen molar-refractivity contribution in [3.63, 3.8) is 0 Å². The average Bonchev–Trinajstić information content (AvgIpc) is 3.05. The Bertz CT molecular complexity index is 668. The maximum absolute atomic E-state index is 11.8. The van der Waals surface area contributed by atoms with E-state index in [1.165, 1.54) is 31.3 Å². The van der Waals surface area contributed by atoms with Gasteiger partial charge in [-0.2, -0.15) is 0 Å². The zero-order valence-electron chi connectivity index (χ0n) is 10.6. The van der Waals surface area contributed by atoms with Crippen molar-refractivity contribution in [2.75, 3.05) is 0 Å². The summed E-state index contributed by atoms with van der Waals surface area (Å²) in [5.41, 5.74) is 0.668. The molecule has 0 bridgehead atoms. The highest BCUT2D eigenvalue weighted by Crippen LogP contribution is 2.08. The van der Waals surface area contributed by atoms with Crippen molar-refractivity contribution in [3.8, 4) is 0 Å². The molecule has 0 aromatic carbocycles. The van der Waals surface area contributed by atoms with Gasteiger partial charge in [-0.25, -0.2) is 4.79 Å². The van der Waals surface area contributed by atoms with Crippen molar-refractivity contribution in [1.82, 2.24) is 10.3 Å². The number of aromatic amines is 1. The molecule has 1 amide bonds. The van der Waals surface area contributed by atoms with E-state index in [0.717, 1.165) is 0 Å². The van der Waals surface area contributed by atoms with Crippen LogP contribution in [0.1, 0.15) is 44.1 Å². The number of amides is 1. The Labute approximate surface area is 113 Å².